The first-order valence-electron chi connectivity index (χ1n) is 5.63. The Labute approximate surface area is 112 Å². The number of hydrogen-bond acceptors (Lipinski definition) is 3. The predicted octanol–water partition coefficient (Wildman–Crippen LogP) is 3.95. The second kappa shape index (κ2) is 6.92. The fourth-order valence-corrected chi connectivity index (χ4v) is 2.55. The Balaban J connectivity index is 2.71. The number of benzene rings is 1. The number of rotatable bonds is 5. The Bertz CT molecular complexity index is 391. The standard InChI is InChI=1S/C13H17ClO2S/c1-4-16-13(15)8-10-5-6-12(11(14)7-10)17-9(2)3/h5-7,9H,4,8H2,1-3H3. The number of halogens is 1. The molecule has 0 unspecified atom stereocenters. The van der Waals surface area contributed by atoms with Crippen LogP contribution in [0.15, 0.2) is 23.1 Å². The van der Waals surface area contributed by atoms with E-state index in [4.69, 9.17) is 16.3 Å². The third kappa shape index (κ3) is 5.00. The largest absolute Gasteiger partial charge is 0.466 e. The van der Waals surface area contributed by atoms with E-state index < -0.39 is 0 Å². The van der Waals surface area contributed by atoms with Crippen LogP contribution in [0.3, 0.4) is 0 Å². The molecule has 0 saturated carbocycles. The second-order valence-electron chi connectivity index (χ2n) is 3.91. The first-order valence-corrected chi connectivity index (χ1v) is 6.89. The summed E-state index contributed by atoms with van der Waals surface area (Å²) in [6.07, 6.45) is 0.278. The highest BCUT2D eigenvalue weighted by Crippen LogP contribution is 2.30. The predicted molar refractivity (Wildman–Crippen MR) is 72.8 cm³/mol. The van der Waals surface area contributed by atoms with E-state index in [0.29, 0.717) is 16.9 Å². The lowest BCUT2D eigenvalue weighted by molar-refractivity contribution is -0.142. The Morgan fingerprint density at radius 1 is 1.47 bits per heavy atom. The highest BCUT2D eigenvalue weighted by Gasteiger charge is 2.08. The van der Waals surface area contributed by atoms with Gasteiger partial charge in [-0.05, 0) is 24.6 Å². The van der Waals surface area contributed by atoms with Crippen molar-refractivity contribution in [3.05, 3.63) is 28.8 Å². The molecule has 0 bridgehead atoms. The van der Waals surface area contributed by atoms with Crippen LogP contribution in [0.4, 0.5) is 0 Å². The van der Waals surface area contributed by atoms with E-state index in [1.165, 1.54) is 0 Å². The molecule has 0 aromatic heterocycles. The summed E-state index contributed by atoms with van der Waals surface area (Å²) in [5.41, 5.74) is 0.890. The topological polar surface area (TPSA) is 26.3 Å². The molecule has 0 fully saturated rings. The normalized spacial score (nSPS) is 10.6. The third-order valence-corrected chi connectivity index (χ3v) is 3.52. The van der Waals surface area contributed by atoms with Gasteiger partial charge in [0.1, 0.15) is 0 Å². The van der Waals surface area contributed by atoms with Gasteiger partial charge in [-0.1, -0.05) is 31.5 Å². The first kappa shape index (κ1) is 14.4. The van der Waals surface area contributed by atoms with Crippen molar-refractivity contribution in [1.82, 2.24) is 0 Å². The fourth-order valence-electron chi connectivity index (χ4n) is 1.38. The van der Waals surface area contributed by atoms with Gasteiger partial charge in [0.15, 0.2) is 0 Å². The van der Waals surface area contributed by atoms with Crippen LogP contribution in [0.25, 0.3) is 0 Å². The SMILES string of the molecule is CCOC(=O)Cc1ccc(SC(C)C)c(Cl)c1. The van der Waals surface area contributed by atoms with Crippen LogP contribution in [0, 0.1) is 0 Å². The molecule has 1 aromatic carbocycles. The summed E-state index contributed by atoms with van der Waals surface area (Å²) in [6, 6.07) is 5.72. The lowest BCUT2D eigenvalue weighted by atomic mass is 10.1. The van der Waals surface area contributed by atoms with Crippen molar-refractivity contribution >= 4 is 29.3 Å². The maximum Gasteiger partial charge on any atom is 0.310 e. The van der Waals surface area contributed by atoms with Crippen LogP contribution < -0.4 is 0 Å². The highest BCUT2D eigenvalue weighted by atomic mass is 35.5. The maximum absolute atomic E-state index is 11.3. The third-order valence-electron chi connectivity index (χ3n) is 2.01. The molecule has 0 heterocycles. The summed E-state index contributed by atoms with van der Waals surface area (Å²) in [4.78, 5) is 12.4. The number of ether oxygens (including phenoxy) is 1. The lowest BCUT2D eigenvalue weighted by Crippen LogP contribution is -2.07. The van der Waals surface area contributed by atoms with Crippen LogP contribution in [0.1, 0.15) is 26.3 Å². The van der Waals surface area contributed by atoms with E-state index in [0.717, 1.165) is 10.5 Å². The summed E-state index contributed by atoms with van der Waals surface area (Å²) in [5.74, 6) is -0.215. The highest BCUT2D eigenvalue weighted by molar-refractivity contribution is 8.00. The van der Waals surface area contributed by atoms with Gasteiger partial charge in [-0.15, -0.1) is 11.8 Å². The molecular formula is C13H17ClO2S. The molecule has 17 heavy (non-hydrogen) atoms. The van der Waals surface area contributed by atoms with Crippen molar-refractivity contribution in [2.45, 2.75) is 37.3 Å². The number of carbonyl (C=O) groups excluding carboxylic acids is 1. The first-order chi connectivity index (χ1) is 8.02. The molecule has 0 aliphatic heterocycles. The molecule has 4 heteroatoms. The molecule has 0 spiro atoms. The van der Waals surface area contributed by atoms with Crippen molar-refractivity contribution in [1.29, 1.82) is 0 Å². The van der Waals surface area contributed by atoms with Crippen LogP contribution >= 0.6 is 23.4 Å². The van der Waals surface area contributed by atoms with Crippen molar-refractivity contribution in [3.63, 3.8) is 0 Å². The molecule has 0 N–H and O–H groups in total. The monoisotopic (exact) mass is 272 g/mol. The summed E-state index contributed by atoms with van der Waals surface area (Å²) >= 11 is 7.88. The maximum atomic E-state index is 11.3. The van der Waals surface area contributed by atoms with Gasteiger partial charge in [0, 0.05) is 10.1 Å². The van der Waals surface area contributed by atoms with E-state index in [-0.39, 0.29) is 12.4 Å². The fraction of sp³-hybridized carbons (Fsp3) is 0.462. The average molecular weight is 273 g/mol. The van der Waals surface area contributed by atoms with Gasteiger partial charge in [-0.3, -0.25) is 4.79 Å². The molecule has 0 saturated heterocycles. The lowest BCUT2D eigenvalue weighted by Gasteiger charge is -2.08. The quantitative estimate of drug-likeness (QED) is 0.600. The Kier molecular flexibility index (Phi) is 5.86. The van der Waals surface area contributed by atoms with Crippen LogP contribution in [0.2, 0.25) is 5.02 Å². The van der Waals surface area contributed by atoms with Gasteiger partial charge in [-0.25, -0.2) is 0 Å². The summed E-state index contributed by atoms with van der Waals surface area (Å²) in [5, 5.41) is 1.19. The molecule has 0 atom stereocenters. The molecule has 94 valence electrons. The van der Waals surface area contributed by atoms with Gasteiger partial charge in [0.2, 0.25) is 0 Å². The smallest absolute Gasteiger partial charge is 0.310 e. The molecule has 1 aromatic rings. The summed E-state index contributed by atoms with van der Waals surface area (Å²) in [7, 11) is 0. The molecule has 0 aliphatic rings. The minimum Gasteiger partial charge on any atom is -0.466 e. The molecule has 0 aliphatic carbocycles. The van der Waals surface area contributed by atoms with E-state index in [1.54, 1.807) is 18.7 Å². The number of thioether (sulfide) groups is 1. The Hall–Kier alpha value is -0.670. The van der Waals surface area contributed by atoms with Gasteiger partial charge < -0.3 is 4.74 Å². The van der Waals surface area contributed by atoms with Crippen molar-refractivity contribution in [3.8, 4) is 0 Å². The zero-order chi connectivity index (χ0) is 12.8. The number of hydrogen-bond donors (Lipinski definition) is 0. The van der Waals surface area contributed by atoms with E-state index in [1.807, 2.05) is 18.2 Å². The Morgan fingerprint density at radius 2 is 2.18 bits per heavy atom. The van der Waals surface area contributed by atoms with E-state index in [9.17, 15) is 4.79 Å². The molecule has 0 amide bonds. The van der Waals surface area contributed by atoms with Gasteiger partial charge >= 0.3 is 5.97 Å². The minimum absolute atomic E-state index is 0.215. The zero-order valence-electron chi connectivity index (χ0n) is 10.3. The summed E-state index contributed by atoms with van der Waals surface area (Å²) in [6.45, 7) is 6.45. The Morgan fingerprint density at radius 3 is 2.71 bits per heavy atom. The molecule has 0 radical (unpaired) electrons. The molecule has 1 rings (SSSR count). The van der Waals surface area contributed by atoms with Crippen LogP contribution in [-0.2, 0) is 16.0 Å². The average Bonchev–Trinajstić information content (AvgIpc) is 2.22. The van der Waals surface area contributed by atoms with Gasteiger partial charge in [-0.2, -0.15) is 0 Å². The van der Waals surface area contributed by atoms with Crippen LogP contribution in [-0.4, -0.2) is 17.8 Å². The van der Waals surface area contributed by atoms with Gasteiger partial charge in [0.25, 0.3) is 0 Å². The second-order valence-corrected chi connectivity index (χ2v) is 5.94. The minimum atomic E-state index is -0.215. The van der Waals surface area contributed by atoms with Gasteiger partial charge in [0.05, 0.1) is 18.1 Å². The van der Waals surface area contributed by atoms with Crippen molar-refractivity contribution in [2.24, 2.45) is 0 Å². The van der Waals surface area contributed by atoms with Crippen molar-refractivity contribution < 1.29 is 9.53 Å². The van der Waals surface area contributed by atoms with E-state index >= 15 is 0 Å². The number of carbonyl (C=O) groups is 1. The van der Waals surface area contributed by atoms with E-state index in [2.05, 4.69) is 13.8 Å². The molecule has 2 nitrogen and oxygen atoms in total. The molecular weight excluding hydrogens is 256 g/mol. The summed E-state index contributed by atoms with van der Waals surface area (Å²) < 4.78 is 4.89. The number of esters is 1. The van der Waals surface area contributed by atoms with Crippen molar-refractivity contribution in [2.75, 3.05) is 6.61 Å². The zero-order valence-corrected chi connectivity index (χ0v) is 11.9. The van der Waals surface area contributed by atoms with Crippen LogP contribution in [0.5, 0.6) is 0 Å².